The van der Waals surface area contributed by atoms with Crippen molar-refractivity contribution in [1.82, 2.24) is 15.5 Å². The zero-order chi connectivity index (χ0) is 21.4. The van der Waals surface area contributed by atoms with E-state index in [1.165, 1.54) is 12.1 Å². The number of nitrogens with one attached hydrogen (secondary N) is 2. The van der Waals surface area contributed by atoms with Gasteiger partial charge in [-0.2, -0.15) is 13.2 Å². The largest absolute Gasteiger partial charge is 0.417 e. The molecule has 1 aromatic rings. The third-order valence-corrected chi connectivity index (χ3v) is 5.54. The third-order valence-electron chi connectivity index (χ3n) is 5.21. The van der Waals surface area contributed by atoms with Crippen LogP contribution in [0.5, 0.6) is 0 Å². The highest BCUT2D eigenvalue weighted by Gasteiger charge is 2.42. The number of piperazine rings is 1. The molecule has 0 spiro atoms. The Morgan fingerprint density at radius 1 is 1.21 bits per heavy atom. The highest BCUT2D eigenvalue weighted by atomic mass is 35.5. The number of benzene rings is 1. The third kappa shape index (κ3) is 4.58. The number of anilines is 1. The normalized spacial score (nSPS) is 22.5. The molecule has 1 aromatic carbocycles. The van der Waals surface area contributed by atoms with E-state index in [2.05, 4.69) is 10.6 Å². The number of amides is 4. The van der Waals surface area contributed by atoms with Gasteiger partial charge in [-0.05, 0) is 31.5 Å². The molecule has 1 atom stereocenters. The summed E-state index contributed by atoms with van der Waals surface area (Å²) in [6, 6.07) is 3.18. The van der Waals surface area contributed by atoms with Gasteiger partial charge in [-0.1, -0.05) is 11.6 Å². The summed E-state index contributed by atoms with van der Waals surface area (Å²) in [5.41, 5.74) is -1.61. The molecule has 2 heterocycles. The maximum Gasteiger partial charge on any atom is 0.417 e. The first-order chi connectivity index (χ1) is 13.5. The zero-order valence-corrected chi connectivity index (χ0v) is 16.4. The number of carbonyl (C=O) groups is 3. The minimum Gasteiger partial charge on any atom is -0.368 e. The van der Waals surface area contributed by atoms with Crippen LogP contribution in [0.3, 0.4) is 0 Å². The van der Waals surface area contributed by atoms with E-state index in [4.69, 9.17) is 11.6 Å². The lowest BCUT2D eigenvalue weighted by atomic mass is 9.96. The predicted octanol–water partition coefficient (Wildman–Crippen LogP) is 2.39. The number of urea groups is 1. The molecular weight excluding hydrogens is 413 g/mol. The van der Waals surface area contributed by atoms with Crippen molar-refractivity contribution in [2.45, 2.75) is 31.5 Å². The van der Waals surface area contributed by atoms with Crippen molar-refractivity contribution in [1.29, 1.82) is 0 Å². The topological polar surface area (TPSA) is 81.8 Å². The Balaban J connectivity index is 1.56. The van der Waals surface area contributed by atoms with Crippen molar-refractivity contribution < 1.29 is 27.6 Å². The molecular formula is C18H20ClF3N4O3. The molecule has 2 aliphatic heterocycles. The fourth-order valence-corrected chi connectivity index (χ4v) is 3.64. The molecule has 0 bridgehead atoms. The molecule has 2 N–H and O–H groups in total. The molecule has 2 saturated heterocycles. The Kier molecular flexibility index (Phi) is 5.66. The highest BCUT2D eigenvalue weighted by Crippen LogP contribution is 2.37. The first-order valence-electron chi connectivity index (χ1n) is 9.03. The monoisotopic (exact) mass is 432 g/mol. The van der Waals surface area contributed by atoms with Gasteiger partial charge in [-0.15, -0.1) is 0 Å². The molecule has 2 aliphatic rings. The summed E-state index contributed by atoms with van der Waals surface area (Å²) in [6.07, 6.45) is -4.30. The average molecular weight is 433 g/mol. The smallest absolute Gasteiger partial charge is 0.368 e. The summed E-state index contributed by atoms with van der Waals surface area (Å²) in [4.78, 5) is 38.9. The summed E-state index contributed by atoms with van der Waals surface area (Å²) in [6.45, 7) is 2.99. The van der Waals surface area contributed by atoms with Crippen LogP contribution in [0, 0.1) is 0 Å². The van der Waals surface area contributed by atoms with E-state index in [1.54, 1.807) is 16.7 Å². The second-order valence-corrected chi connectivity index (χ2v) is 7.68. The van der Waals surface area contributed by atoms with Crippen molar-refractivity contribution in [2.24, 2.45) is 0 Å². The number of halogens is 4. The van der Waals surface area contributed by atoms with E-state index in [0.717, 1.165) is 6.07 Å². The summed E-state index contributed by atoms with van der Waals surface area (Å²) in [7, 11) is 0. The van der Waals surface area contributed by atoms with Gasteiger partial charge in [0.15, 0.2) is 0 Å². The second kappa shape index (κ2) is 7.74. The lowest BCUT2D eigenvalue weighted by Gasteiger charge is -2.36. The fourth-order valence-electron chi connectivity index (χ4n) is 3.41. The summed E-state index contributed by atoms with van der Waals surface area (Å²) >= 11 is 5.66. The maximum absolute atomic E-state index is 13.0. The molecule has 11 heteroatoms. The fraction of sp³-hybridized carbons (Fsp3) is 0.500. The minimum absolute atomic E-state index is 0.0728. The van der Waals surface area contributed by atoms with Crippen LogP contribution in [-0.2, 0) is 15.8 Å². The number of alkyl halides is 3. The van der Waals surface area contributed by atoms with Crippen LogP contribution in [0.1, 0.15) is 25.3 Å². The Morgan fingerprint density at radius 3 is 2.41 bits per heavy atom. The SMILES string of the molecule is CC1(CCC(=O)N2CCN(c3ccc(Cl)c(C(F)(F)F)c3)CC2)NC(=O)NC1=O. The standard InChI is InChI=1S/C18H20ClF3N4O3/c1-17(15(28)23-16(29)24-17)5-4-14(27)26-8-6-25(7-9-26)11-2-3-13(19)12(10-11)18(20,21)22/h2-3,10H,4-9H2,1H3,(H2,23,24,28,29). The number of hydrogen-bond acceptors (Lipinski definition) is 4. The van der Waals surface area contributed by atoms with Gasteiger partial charge in [-0.3, -0.25) is 14.9 Å². The van der Waals surface area contributed by atoms with Gasteiger partial charge in [0.1, 0.15) is 5.54 Å². The van der Waals surface area contributed by atoms with Gasteiger partial charge >= 0.3 is 12.2 Å². The van der Waals surface area contributed by atoms with Crippen LogP contribution >= 0.6 is 11.6 Å². The van der Waals surface area contributed by atoms with Crippen LogP contribution < -0.4 is 15.5 Å². The van der Waals surface area contributed by atoms with Gasteiger partial charge in [0, 0.05) is 38.3 Å². The molecule has 1 unspecified atom stereocenters. The zero-order valence-electron chi connectivity index (χ0n) is 15.6. The van der Waals surface area contributed by atoms with E-state index in [9.17, 15) is 27.6 Å². The molecule has 2 fully saturated rings. The Hall–Kier alpha value is -2.49. The number of nitrogens with zero attached hydrogens (tertiary/aromatic N) is 2. The minimum atomic E-state index is -4.54. The van der Waals surface area contributed by atoms with E-state index in [1.807, 2.05) is 0 Å². The van der Waals surface area contributed by atoms with Gasteiger partial charge in [0.05, 0.1) is 10.6 Å². The van der Waals surface area contributed by atoms with Gasteiger partial charge in [-0.25, -0.2) is 4.79 Å². The van der Waals surface area contributed by atoms with Gasteiger partial charge < -0.3 is 15.1 Å². The number of imide groups is 1. The predicted molar refractivity (Wildman–Crippen MR) is 99.6 cm³/mol. The van der Waals surface area contributed by atoms with Gasteiger partial charge in [0.2, 0.25) is 5.91 Å². The highest BCUT2D eigenvalue weighted by molar-refractivity contribution is 6.31. The van der Waals surface area contributed by atoms with Crippen molar-refractivity contribution in [3.05, 3.63) is 28.8 Å². The molecule has 0 saturated carbocycles. The van der Waals surface area contributed by atoms with Crippen LogP contribution in [0.2, 0.25) is 5.02 Å². The Morgan fingerprint density at radius 2 is 1.86 bits per heavy atom. The van der Waals surface area contributed by atoms with Gasteiger partial charge in [0.25, 0.3) is 5.91 Å². The van der Waals surface area contributed by atoms with Crippen LogP contribution in [-0.4, -0.2) is 54.5 Å². The average Bonchev–Trinajstić information content (AvgIpc) is 2.91. The molecule has 0 radical (unpaired) electrons. The van der Waals surface area contributed by atoms with Crippen molar-refractivity contribution >= 4 is 35.1 Å². The van der Waals surface area contributed by atoms with E-state index >= 15 is 0 Å². The number of carbonyl (C=O) groups excluding carboxylic acids is 3. The van der Waals surface area contributed by atoms with E-state index in [0.29, 0.717) is 31.9 Å². The number of hydrogen-bond donors (Lipinski definition) is 2. The molecule has 4 amide bonds. The lowest BCUT2D eigenvalue weighted by Crippen LogP contribution is -2.50. The summed E-state index contributed by atoms with van der Waals surface area (Å²) < 4.78 is 39.1. The summed E-state index contributed by atoms with van der Waals surface area (Å²) in [5.74, 6) is -0.643. The van der Waals surface area contributed by atoms with Crippen molar-refractivity contribution in [3.8, 4) is 0 Å². The molecule has 7 nitrogen and oxygen atoms in total. The number of rotatable bonds is 4. The second-order valence-electron chi connectivity index (χ2n) is 7.27. The maximum atomic E-state index is 13.0. The Bertz CT molecular complexity index is 840. The molecule has 0 aliphatic carbocycles. The molecule has 29 heavy (non-hydrogen) atoms. The van der Waals surface area contributed by atoms with Crippen molar-refractivity contribution in [3.63, 3.8) is 0 Å². The van der Waals surface area contributed by atoms with E-state index in [-0.39, 0.29) is 23.8 Å². The van der Waals surface area contributed by atoms with Crippen LogP contribution in [0.25, 0.3) is 0 Å². The van der Waals surface area contributed by atoms with Crippen LogP contribution in [0.4, 0.5) is 23.7 Å². The quantitative estimate of drug-likeness (QED) is 0.716. The summed E-state index contributed by atoms with van der Waals surface area (Å²) in [5, 5.41) is 4.30. The molecule has 3 rings (SSSR count). The first-order valence-corrected chi connectivity index (χ1v) is 9.40. The van der Waals surface area contributed by atoms with E-state index < -0.39 is 29.2 Å². The van der Waals surface area contributed by atoms with Crippen LogP contribution in [0.15, 0.2) is 18.2 Å². The molecule has 0 aromatic heterocycles. The van der Waals surface area contributed by atoms with Crippen molar-refractivity contribution in [2.75, 3.05) is 31.1 Å². The Labute approximate surface area is 170 Å². The lowest BCUT2D eigenvalue weighted by molar-refractivity contribution is -0.137. The molecule has 158 valence electrons. The first kappa shape index (κ1) is 21.2.